The minimum atomic E-state index is -0.326. The zero-order valence-corrected chi connectivity index (χ0v) is 11.6. The molecule has 1 amide bonds. The van der Waals surface area contributed by atoms with Gasteiger partial charge < -0.3 is 16.0 Å². The van der Waals surface area contributed by atoms with Gasteiger partial charge in [0, 0.05) is 12.6 Å². The number of nitrogens with one attached hydrogen (secondary N) is 1. The molecule has 0 aliphatic heterocycles. The summed E-state index contributed by atoms with van der Waals surface area (Å²) in [5, 5.41) is 3.08. The lowest BCUT2D eigenvalue weighted by atomic mass is 10.1. The summed E-state index contributed by atoms with van der Waals surface area (Å²) in [4.78, 5) is 13.1. The minimum absolute atomic E-state index is 0.301. The maximum absolute atomic E-state index is 10.9. The molecule has 0 radical (unpaired) electrons. The molecule has 0 spiro atoms. The molecule has 0 bridgehead atoms. The van der Waals surface area contributed by atoms with Crippen molar-refractivity contribution in [2.75, 3.05) is 14.1 Å². The van der Waals surface area contributed by atoms with E-state index >= 15 is 0 Å². The largest absolute Gasteiger partial charge is 0.368 e. The molecule has 0 heterocycles. The summed E-state index contributed by atoms with van der Waals surface area (Å²) in [6.07, 6.45) is 0. The zero-order chi connectivity index (χ0) is 13.7. The number of hydrogen-bond donors (Lipinski definition) is 2. The predicted octanol–water partition coefficient (Wildman–Crippen LogP) is 1.27. The highest BCUT2D eigenvalue weighted by molar-refractivity contribution is 5.79. The fourth-order valence-corrected chi connectivity index (χ4v) is 1.58. The van der Waals surface area contributed by atoms with E-state index in [0.717, 1.165) is 5.56 Å². The smallest absolute Gasteiger partial charge is 0.234 e. The van der Waals surface area contributed by atoms with Gasteiger partial charge in [0.05, 0.1) is 6.04 Å². The number of carbonyl (C=O) groups excluding carboxylic acids is 1. The SMILES string of the molecule is C[C@@H](NCc1ccc([C@H](C)N(C)C)cc1)C(N)=O. The van der Waals surface area contributed by atoms with Crippen molar-refractivity contribution in [2.24, 2.45) is 5.73 Å². The van der Waals surface area contributed by atoms with Gasteiger partial charge in [-0.05, 0) is 39.1 Å². The molecule has 3 N–H and O–H groups in total. The molecule has 2 atom stereocenters. The van der Waals surface area contributed by atoms with Gasteiger partial charge in [-0.3, -0.25) is 4.79 Å². The average molecular weight is 249 g/mol. The van der Waals surface area contributed by atoms with Crippen molar-refractivity contribution in [1.82, 2.24) is 10.2 Å². The van der Waals surface area contributed by atoms with Crippen LogP contribution >= 0.6 is 0 Å². The third kappa shape index (κ3) is 4.13. The predicted molar refractivity (Wildman–Crippen MR) is 74.0 cm³/mol. The Labute approximate surface area is 109 Å². The molecular formula is C14H23N3O. The molecule has 4 nitrogen and oxygen atoms in total. The first kappa shape index (κ1) is 14.7. The van der Waals surface area contributed by atoms with Crippen LogP contribution in [-0.4, -0.2) is 30.9 Å². The molecular weight excluding hydrogens is 226 g/mol. The lowest BCUT2D eigenvalue weighted by Crippen LogP contribution is -2.38. The van der Waals surface area contributed by atoms with Crippen LogP contribution in [0.4, 0.5) is 0 Å². The van der Waals surface area contributed by atoms with Crippen LogP contribution in [0.25, 0.3) is 0 Å². The van der Waals surface area contributed by atoms with Crippen molar-refractivity contribution in [2.45, 2.75) is 32.5 Å². The molecule has 1 aromatic rings. The average Bonchev–Trinajstić information content (AvgIpc) is 2.35. The monoisotopic (exact) mass is 249 g/mol. The first-order valence-corrected chi connectivity index (χ1v) is 6.19. The van der Waals surface area contributed by atoms with E-state index < -0.39 is 0 Å². The van der Waals surface area contributed by atoms with E-state index in [0.29, 0.717) is 12.6 Å². The van der Waals surface area contributed by atoms with E-state index in [4.69, 9.17) is 5.73 Å². The summed E-state index contributed by atoms with van der Waals surface area (Å²) in [6.45, 7) is 4.59. The Balaban J connectivity index is 2.58. The molecule has 1 aromatic carbocycles. The Kier molecular flexibility index (Phi) is 5.31. The van der Waals surface area contributed by atoms with Crippen molar-refractivity contribution in [3.8, 4) is 0 Å². The van der Waals surface area contributed by atoms with Crippen molar-refractivity contribution < 1.29 is 4.79 Å². The lowest BCUT2D eigenvalue weighted by molar-refractivity contribution is -0.119. The van der Waals surface area contributed by atoms with Crippen LogP contribution in [0.3, 0.4) is 0 Å². The normalized spacial score (nSPS) is 14.5. The van der Waals surface area contributed by atoms with Gasteiger partial charge in [0.25, 0.3) is 0 Å². The number of benzene rings is 1. The first-order chi connectivity index (χ1) is 8.41. The Bertz CT molecular complexity index is 387. The maximum Gasteiger partial charge on any atom is 0.234 e. The van der Waals surface area contributed by atoms with Crippen LogP contribution in [-0.2, 0) is 11.3 Å². The Morgan fingerprint density at radius 3 is 2.28 bits per heavy atom. The quantitative estimate of drug-likeness (QED) is 0.798. The summed E-state index contributed by atoms with van der Waals surface area (Å²) < 4.78 is 0. The van der Waals surface area contributed by atoms with Crippen LogP contribution in [0.15, 0.2) is 24.3 Å². The van der Waals surface area contributed by atoms with Gasteiger partial charge in [0.1, 0.15) is 0 Å². The standard InChI is InChI=1S/C14H23N3O/c1-10(14(15)18)16-9-12-5-7-13(8-6-12)11(2)17(3)4/h5-8,10-11,16H,9H2,1-4H3,(H2,15,18)/t10-,11+/m1/s1. The third-order valence-electron chi connectivity index (χ3n) is 3.28. The Morgan fingerprint density at radius 2 is 1.83 bits per heavy atom. The summed E-state index contributed by atoms with van der Waals surface area (Å²) >= 11 is 0. The Hall–Kier alpha value is -1.39. The van der Waals surface area contributed by atoms with E-state index in [2.05, 4.69) is 55.5 Å². The van der Waals surface area contributed by atoms with Crippen molar-refractivity contribution in [1.29, 1.82) is 0 Å². The number of amides is 1. The molecule has 0 saturated heterocycles. The molecule has 1 rings (SSSR count). The molecule has 100 valence electrons. The van der Waals surface area contributed by atoms with E-state index in [1.807, 2.05) is 0 Å². The number of rotatable bonds is 6. The van der Waals surface area contributed by atoms with Crippen molar-refractivity contribution in [3.05, 3.63) is 35.4 Å². The highest BCUT2D eigenvalue weighted by atomic mass is 16.1. The van der Waals surface area contributed by atoms with E-state index in [9.17, 15) is 4.79 Å². The Morgan fingerprint density at radius 1 is 1.28 bits per heavy atom. The van der Waals surface area contributed by atoms with Gasteiger partial charge >= 0.3 is 0 Å². The molecule has 0 aliphatic carbocycles. The zero-order valence-electron chi connectivity index (χ0n) is 11.6. The minimum Gasteiger partial charge on any atom is -0.368 e. The van der Waals surface area contributed by atoms with E-state index in [1.54, 1.807) is 6.92 Å². The molecule has 18 heavy (non-hydrogen) atoms. The fraction of sp³-hybridized carbons (Fsp3) is 0.500. The van der Waals surface area contributed by atoms with Gasteiger partial charge in [-0.15, -0.1) is 0 Å². The third-order valence-corrected chi connectivity index (χ3v) is 3.28. The molecule has 0 unspecified atom stereocenters. The summed E-state index contributed by atoms with van der Waals surface area (Å²) in [5.74, 6) is -0.326. The highest BCUT2D eigenvalue weighted by Crippen LogP contribution is 2.17. The van der Waals surface area contributed by atoms with Gasteiger partial charge in [0.2, 0.25) is 5.91 Å². The first-order valence-electron chi connectivity index (χ1n) is 6.19. The number of primary amides is 1. The number of nitrogens with two attached hydrogens (primary N) is 1. The number of hydrogen-bond acceptors (Lipinski definition) is 3. The van der Waals surface area contributed by atoms with Crippen LogP contribution in [0, 0.1) is 0 Å². The molecule has 0 fully saturated rings. The molecule has 4 heteroatoms. The van der Waals surface area contributed by atoms with Gasteiger partial charge in [-0.2, -0.15) is 0 Å². The second-order valence-corrected chi connectivity index (χ2v) is 4.89. The van der Waals surface area contributed by atoms with Gasteiger partial charge in [-0.1, -0.05) is 24.3 Å². The van der Waals surface area contributed by atoms with Crippen LogP contribution in [0.1, 0.15) is 31.0 Å². The summed E-state index contributed by atoms with van der Waals surface area (Å²) in [7, 11) is 4.13. The second-order valence-electron chi connectivity index (χ2n) is 4.89. The summed E-state index contributed by atoms with van der Waals surface area (Å²) in [6, 6.07) is 8.50. The van der Waals surface area contributed by atoms with Crippen molar-refractivity contribution in [3.63, 3.8) is 0 Å². The van der Waals surface area contributed by atoms with Crippen LogP contribution in [0.5, 0.6) is 0 Å². The van der Waals surface area contributed by atoms with Gasteiger partial charge in [0.15, 0.2) is 0 Å². The number of nitrogens with zero attached hydrogens (tertiary/aromatic N) is 1. The van der Waals surface area contributed by atoms with Gasteiger partial charge in [-0.25, -0.2) is 0 Å². The van der Waals surface area contributed by atoms with E-state index in [1.165, 1.54) is 5.56 Å². The van der Waals surface area contributed by atoms with Crippen LogP contribution in [0.2, 0.25) is 0 Å². The number of carbonyl (C=O) groups is 1. The van der Waals surface area contributed by atoms with E-state index in [-0.39, 0.29) is 11.9 Å². The second kappa shape index (κ2) is 6.52. The highest BCUT2D eigenvalue weighted by Gasteiger charge is 2.09. The van der Waals surface area contributed by atoms with Crippen molar-refractivity contribution >= 4 is 5.91 Å². The topological polar surface area (TPSA) is 58.4 Å². The maximum atomic E-state index is 10.9. The van der Waals surface area contributed by atoms with Crippen LogP contribution < -0.4 is 11.1 Å². The molecule has 0 saturated carbocycles. The summed E-state index contributed by atoms with van der Waals surface area (Å²) in [5.41, 5.74) is 7.63. The molecule has 0 aliphatic rings. The lowest BCUT2D eigenvalue weighted by Gasteiger charge is -2.20. The fourth-order valence-electron chi connectivity index (χ4n) is 1.58. The molecule has 0 aromatic heterocycles.